The molecule has 1 aliphatic carbocycles. The first-order chi connectivity index (χ1) is 13.5. The molecule has 0 aromatic heterocycles. The maximum absolute atomic E-state index is 13.2. The van der Waals surface area contributed by atoms with E-state index in [9.17, 15) is 19.8 Å². The Kier molecular flexibility index (Phi) is 5.81. The van der Waals surface area contributed by atoms with Gasteiger partial charge in [0.05, 0.1) is 22.4 Å². The number of hydrogen-bond acceptors (Lipinski definition) is 8. The highest BCUT2D eigenvalue weighted by Crippen LogP contribution is 2.43. The number of carbonyl (C=O) groups excluding carboxylic acids is 2. The molecule has 148 valence electrons. The Morgan fingerprint density at radius 2 is 1.46 bits per heavy atom. The van der Waals surface area contributed by atoms with Crippen LogP contribution >= 0.6 is 0 Å². The molecule has 0 spiro atoms. The largest absolute Gasteiger partial charge is 0.507 e. The SMILES string of the molecule is CNCCNc1cc(O)c(NCCNC)c2c1C(=O)c1cccc(O)c1C2=O. The molecule has 0 fully saturated rings. The Hall–Kier alpha value is -3.10. The van der Waals surface area contributed by atoms with Crippen LogP contribution in [0.2, 0.25) is 0 Å². The third-order valence-corrected chi connectivity index (χ3v) is 4.64. The van der Waals surface area contributed by atoms with Gasteiger partial charge in [-0.2, -0.15) is 0 Å². The Balaban J connectivity index is 2.18. The molecular formula is C20H24N4O4. The number of nitrogens with one attached hydrogen (secondary N) is 4. The molecule has 6 N–H and O–H groups in total. The minimum atomic E-state index is -0.498. The lowest BCUT2D eigenvalue weighted by Crippen LogP contribution is -2.27. The van der Waals surface area contributed by atoms with Crippen LogP contribution in [0, 0.1) is 0 Å². The molecule has 1 aliphatic rings. The minimum absolute atomic E-state index is 0.0385. The number of rotatable bonds is 8. The van der Waals surface area contributed by atoms with Crippen molar-refractivity contribution in [2.24, 2.45) is 0 Å². The molecular weight excluding hydrogens is 360 g/mol. The van der Waals surface area contributed by atoms with E-state index in [1.165, 1.54) is 24.3 Å². The molecule has 0 aliphatic heterocycles. The van der Waals surface area contributed by atoms with Crippen LogP contribution in [0.4, 0.5) is 11.4 Å². The van der Waals surface area contributed by atoms with Crippen molar-refractivity contribution in [1.29, 1.82) is 0 Å². The van der Waals surface area contributed by atoms with Gasteiger partial charge >= 0.3 is 0 Å². The molecule has 8 nitrogen and oxygen atoms in total. The van der Waals surface area contributed by atoms with Gasteiger partial charge in [-0.15, -0.1) is 0 Å². The molecule has 28 heavy (non-hydrogen) atoms. The first kappa shape index (κ1) is 19.7. The number of carbonyl (C=O) groups is 2. The summed E-state index contributed by atoms with van der Waals surface area (Å²) in [6.07, 6.45) is 0. The van der Waals surface area contributed by atoms with E-state index in [1.807, 2.05) is 0 Å². The van der Waals surface area contributed by atoms with E-state index >= 15 is 0 Å². The van der Waals surface area contributed by atoms with Gasteiger partial charge in [0.15, 0.2) is 5.78 Å². The standard InChI is InChI=1S/C20H24N4O4/c1-21-6-8-23-12-10-14(26)18(24-9-7-22-2)17-16(12)19(27)11-4-3-5-13(25)15(11)20(17)28/h3-5,10,21-26H,6-9H2,1-2H3. The number of likely N-dealkylation sites (N-methyl/N-ethyl adjacent to an activating group) is 2. The third kappa shape index (κ3) is 3.39. The van der Waals surface area contributed by atoms with Gasteiger partial charge in [-0.3, -0.25) is 9.59 Å². The van der Waals surface area contributed by atoms with Gasteiger partial charge in [-0.25, -0.2) is 0 Å². The number of anilines is 2. The molecule has 0 unspecified atom stereocenters. The first-order valence-electron chi connectivity index (χ1n) is 9.09. The van der Waals surface area contributed by atoms with Crippen molar-refractivity contribution < 1.29 is 19.8 Å². The van der Waals surface area contributed by atoms with Crippen LogP contribution in [-0.4, -0.2) is 62.1 Å². The number of benzene rings is 2. The number of phenolic OH excluding ortho intramolecular Hbond substituents is 2. The molecule has 0 heterocycles. The molecule has 3 rings (SSSR count). The summed E-state index contributed by atoms with van der Waals surface area (Å²) in [5.41, 5.74) is 0.960. The number of aromatic hydroxyl groups is 2. The second-order valence-corrected chi connectivity index (χ2v) is 6.49. The van der Waals surface area contributed by atoms with Gasteiger partial charge in [-0.1, -0.05) is 12.1 Å². The summed E-state index contributed by atoms with van der Waals surface area (Å²) in [6, 6.07) is 5.88. The van der Waals surface area contributed by atoms with Crippen molar-refractivity contribution in [2.75, 3.05) is 50.9 Å². The molecule has 0 radical (unpaired) electrons. The average molecular weight is 384 g/mol. The predicted molar refractivity (Wildman–Crippen MR) is 108 cm³/mol. The fourth-order valence-electron chi connectivity index (χ4n) is 3.31. The summed E-state index contributed by atoms with van der Waals surface area (Å²) >= 11 is 0. The van der Waals surface area contributed by atoms with Crippen molar-refractivity contribution in [1.82, 2.24) is 10.6 Å². The summed E-state index contributed by atoms with van der Waals surface area (Å²) in [5.74, 6) is -1.26. The van der Waals surface area contributed by atoms with Gasteiger partial charge in [0, 0.05) is 43.5 Å². The van der Waals surface area contributed by atoms with E-state index in [0.29, 0.717) is 31.9 Å². The molecule has 0 saturated carbocycles. The van der Waals surface area contributed by atoms with Crippen molar-refractivity contribution in [3.05, 3.63) is 46.5 Å². The van der Waals surface area contributed by atoms with Gasteiger partial charge in [0.2, 0.25) is 5.78 Å². The Labute approximate surface area is 163 Å². The van der Waals surface area contributed by atoms with E-state index in [2.05, 4.69) is 21.3 Å². The summed E-state index contributed by atoms with van der Waals surface area (Å²) in [5, 5.41) is 32.9. The zero-order chi connectivity index (χ0) is 20.3. The highest BCUT2D eigenvalue weighted by molar-refractivity contribution is 6.33. The van der Waals surface area contributed by atoms with Crippen LogP contribution in [0.15, 0.2) is 24.3 Å². The zero-order valence-electron chi connectivity index (χ0n) is 15.8. The monoisotopic (exact) mass is 384 g/mol. The normalized spacial score (nSPS) is 12.5. The molecule has 0 bridgehead atoms. The number of hydrogen-bond donors (Lipinski definition) is 6. The number of ketones is 2. The molecule has 0 atom stereocenters. The maximum Gasteiger partial charge on any atom is 0.200 e. The van der Waals surface area contributed by atoms with E-state index < -0.39 is 5.78 Å². The third-order valence-electron chi connectivity index (χ3n) is 4.64. The smallest absolute Gasteiger partial charge is 0.200 e. The number of phenols is 2. The first-order valence-corrected chi connectivity index (χ1v) is 9.09. The second kappa shape index (κ2) is 8.28. The van der Waals surface area contributed by atoms with Crippen LogP contribution in [0.5, 0.6) is 11.5 Å². The molecule has 0 amide bonds. The van der Waals surface area contributed by atoms with Crippen molar-refractivity contribution in [3.63, 3.8) is 0 Å². The van der Waals surface area contributed by atoms with Gasteiger partial charge < -0.3 is 31.5 Å². The van der Waals surface area contributed by atoms with Crippen LogP contribution in [0.3, 0.4) is 0 Å². The van der Waals surface area contributed by atoms with Crippen molar-refractivity contribution >= 4 is 22.9 Å². The Morgan fingerprint density at radius 1 is 0.786 bits per heavy atom. The molecule has 0 saturated heterocycles. The minimum Gasteiger partial charge on any atom is -0.507 e. The fourth-order valence-corrected chi connectivity index (χ4v) is 3.31. The maximum atomic E-state index is 13.2. The lowest BCUT2D eigenvalue weighted by molar-refractivity contribution is 0.0977. The summed E-state index contributed by atoms with van der Waals surface area (Å²) < 4.78 is 0. The Morgan fingerprint density at radius 3 is 2.14 bits per heavy atom. The molecule has 2 aromatic rings. The quantitative estimate of drug-likeness (QED) is 0.252. The van der Waals surface area contributed by atoms with E-state index in [1.54, 1.807) is 14.1 Å². The highest BCUT2D eigenvalue weighted by atomic mass is 16.3. The lowest BCUT2D eigenvalue weighted by Gasteiger charge is -2.25. The van der Waals surface area contributed by atoms with Crippen LogP contribution in [0.1, 0.15) is 31.8 Å². The Bertz CT molecular complexity index is 927. The van der Waals surface area contributed by atoms with Gasteiger partial charge in [-0.05, 0) is 20.2 Å². The van der Waals surface area contributed by atoms with Crippen molar-refractivity contribution in [3.8, 4) is 11.5 Å². The highest BCUT2D eigenvalue weighted by Gasteiger charge is 2.37. The molecule has 2 aromatic carbocycles. The summed E-state index contributed by atoms with van der Waals surface area (Å²) in [4.78, 5) is 26.5. The fraction of sp³-hybridized carbons (Fsp3) is 0.300. The van der Waals surface area contributed by atoms with Crippen molar-refractivity contribution in [2.45, 2.75) is 0 Å². The van der Waals surface area contributed by atoms with E-state index in [0.717, 1.165) is 0 Å². The van der Waals surface area contributed by atoms with Gasteiger partial charge in [0.1, 0.15) is 11.5 Å². The predicted octanol–water partition coefficient (Wildman–Crippen LogP) is 1.14. The van der Waals surface area contributed by atoms with Crippen LogP contribution in [0.25, 0.3) is 0 Å². The number of fused-ring (bicyclic) bond motifs is 2. The second-order valence-electron chi connectivity index (χ2n) is 6.49. The topological polar surface area (TPSA) is 123 Å². The lowest BCUT2D eigenvalue weighted by atomic mass is 9.81. The van der Waals surface area contributed by atoms with E-state index in [4.69, 9.17) is 0 Å². The zero-order valence-corrected chi connectivity index (χ0v) is 15.8. The van der Waals surface area contributed by atoms with Crippen LogP contribution in [-0.2, 0) is 0 Å². The average Bonchev–Trinajstić information content (AvgIpc) is 2.67. The summed E-state index contributed by atoms with van der Waals surface area (Å²) in [6.45, 7) is 2.18. The summed E-state index contributed by atoms with van der Waals surface area (Å²) in [7, 11) is 3.59. The van der Waals surface area contributed by atoms with E-state index in [-0.39, 0.29) is 45.2 Å². The van der Waals surface area contributed by atoms with Gasteiger partial charge in [0.25, 0.3) is 0 Å². The van der Waals surface area contributed by atoms with Crippen LogP contribution < -0.4 is 21.3 Å². The molecule has 8 heteroatoms.